The molecule has 6 nitrogen and oxygen atoms in total. The second-order valence-electron chi connectivity index (χ2n) is 5.57. The van der Waals surface area contributed by atoms with Crippen molar-refractivity contribution in [3.63, 3.8) is 0 Å². The zero-order valence-corrected chi connectivity index (χ0v) is 14.2. The largest absolute Gasteiger partial charge is 0.493 e. The van der Waals surface area contributed by atoms with E-state index in [0.717, 1.165) is 5.56 Å². The third-order valence-electron chi connectivity index (χ3n) is 3.97. The van der Waals surface area contributed by atoms with E-state index in [2.05, 4.69) is 10.3 Å². The number of aromatic amines is 1. The van der Waals surface area contributed by atoms with Crippen molar-refractivity contribution in [3.8, 4) is 11.5 Å². The summed E-state index contributed by atoms with van der Waals surface area (Å²) in [5.74, 6) is 0.733. The predicted molar refractivity (Wildman–Crippen MR) is 96.8 cm³/mol. The summed E-state index contributed by atoms with van der Waals surface area (Å²) in [4.78, 5) is 27.3. The molecule has 0 bridgehead atoms. The van der Waals surface area contributed by atoms with E-state index in [4.69, 9.17) is 9.47 Å². The number of pyridine rings is 1. The number of nitrogens with one attached hydrogen (secondary N) is 2. The Morgan fingerprint density at radius 2 is 1.72 bits per heavy atom. The fourth-order valence-corrected chi connectivity index (χ4v) is 2.70. The lowest BCUT2D eigenvalue weighted by molar-refractivity contribution is 0.102. The molecule has 0 aliphatic rings. The zero-order valence-electron chi connectivity index (χ0n) is 14.2. The maximum absolute atomic E-state index is 12.8. The first-order chi connectivity index (χ1) is 12.0. The zero-order chi connectivity index (χ0) is 18.0. The summed E-state index contributed by atoms with van der Waals surface area (Å²) in [5, 5.41) is 3.52. The second-order valence-corrected chi connectivity index (χ2v) is 5.57. The Labute approximate surface area is 144 Å². The molecule has 0 atom stereocenters. The van der Waals surface area contributed by atoms with Crippen molar-refractivity contribution in [1.29, 1.82) is 0 Å². The van der Waals surface area contributed by atoms with Crippen molar-refractivity contribution in [2.75, 3.05) is 19.5 Å². The van der Waals surface area contributed by atoms with Crippen molar-refractivity contribution in [1.82, 2.24) is 4.98 Å². The molecular formula is C19H18N2O4. The van der Waals surface area contributed by atoms with Crippen LogP contribution in [0.5, 0.6) is 11.5 Å². The number of anilines is 1. The minimum Gasteiger partial charge on any atom is -0.493 e. The number of methoxy groups -OCH3 is 2. The normalized spacial score (nSPS) is 10.5. The average molecular weight is 338 g/mol. The second kappa shape index (κ2) is 6.68. The Kier molecular flexibility index (Phi) is 4.43. The topological polar surface area (TPSA) is 80.4 Å². The van der Waals surface area contributed by atoms with E-state index in [9.17, 15) is 9.59 Å². The number of fused-ring (bicyclic) bond motifs is 1. The number of amides is 1. The molecule has 3 aromatic rings. The van der Waals surface area contributed by atoms with Gasteiger partial charge < -0.3 is 19.8 Å². The lowest BCUT2D eigenvalue weighted by Gasteiger charge is -2.14. The van der Waals surface area contributed by atoms with E-state index in [0.29, 0.717) is 33.7 Å². The smallest absolute Gasteiger partial charge is 0.256 e. The highest BCUT2D eigenvalue weighted by molar-refractivity contribution is 6.12. The van der Waals surface area contributed by atoms with Crippen LogP contribution in [0.4, 0.5) is 5.69 Å². The summed E-state index contributed by atoms with van der Waals surface area (Å²) in [6.07, 6.45) is 0. The first-order valence-electron chi connectivity index (χ1n) is 7.69. The summed E-state index contributed by atoms with van der Waals surface area (Å²) in [6, 6.07) is 12.0. The summed E-state index contributed by atoms with van der Waals surface area (Å²) in [6.45, 7) is 1.85. The summed E-state index contributed by atoms with van der Waals surface area (Å²) in [7, 11) is 3.08. The molecular weight excluding hydrogens is 320 g/mol. The SMILES string of the molecule is COc1cc(C)c(NC(=O)c2cc(=O)[nH]c3ccccc23)cc1OC. The van der Waals surface area contributed by atoms with E-state index in [1.807, 2.05) is 13.0 Å². The van der Waals surface area contributed by atoms with Gasteiger partial charge in [0.25, 0.3) is 5.91 Å². The summed E-state index contributed by atoms with van der Waals surface area (Å²) >= 11 is 0. The van der Waals surface area contributed by atoms with Crippen molar-refractivity contribution in [2.24, 2.45) is 0 Å². The van der Waals surface area contributed by atoms with Gasteiger partial charge in [0.05, 0.1) is 19.8 Å². The fraction of sp³-hybridized carbons (Fsp3) is 0.158. The molecule has 3 rings (SSSR count). The number of hydrogen-bond donors (Lipinski definition) is 2. The number of hydrogen-bond acceptors (Lipinski definition) is 4. The van der Waals surface area contributed by atoms with Crippen LogP contribution in [0, 0.1) is 6.92 Å². The number of para-hydroxylation sites is 1. The Morgan fingerprint density at radius 3 is 2.44 bits per heavy atom. The van der Waals surface area contributed by atoms with Crippen LogP contribution < -0.4 is 20.3 Å². The van der Waals surface area contributed by atoms with Crippen LogP contribution in [0.1, 0.15) is 15.9 Å². The van der Waals surface area contributed by atoms with Crippen LogP contribution in [-0.2, 0) is 0 Å². The first kappa shape index (κ1) is 16.6. The van der Waals surface area contributed by atoms with Crippen molar-refractivity contribution in [3.05, 3.63) is 63.9 Å². The van der Waals surface area contributed by atoms with E-state index in [-0.39, 0.29) is 11.5 Å². The highest BCUT2D eigenvalue weighted by Crippen LogP contribution is 2.33. The molecule has 0 aliphatic heterocycles. The average Bonchev–Trinajstić information content (AvgIpc) is 2.62. The van der Waals surface area contributed by atoms with Crippen molar-refractivity contribution in [2.45, 2.75) is 6.92 Å². The van der Waals surface area contributed by atoms with Crippen LogP contribution in [0.15, 0.2) is 47.3 Å². The van der Waals surface area contributed by atoms with Gasteiger partial charge in [0.2, 0.25) is 5.56 Å². The lowest BCUT2D eigenvalue weighted by atomic mass is 10.1. The third kappa shape index (κ3) is 3.19. The quantitative estimate of drug-likeness (QED) is 0.766. The number of aromatic nitrogens is 1. The van der Waals surface area contributed by atoms with Gasteiger partial charge in [0, 0.05) is 28.7 Å². The van der Waals surface area contributed by atoms with Crippen LogP contribution in [-0.4, -0.2) is 25.1 Å². The molecule has 0 aliphatic carbocycles. The summed E-state index contributed by atoms with van der Waals surface area (Å²) < 4.78 is 10.5. The summed E-state index contributed by atoms with van der Waals surface area (Å²) in [5.41, 5.74) is 2.01. The van der Waals surface area contributed by atoms with Gasteiger partial charge in [0.1, 0.15) is 0 Å². The fourth-order valence-electron chi connectivity index (χ4n) is 2.70. The molecule has 1 heterocycles. The van der Waals surface area contributed by atoms with Crippen molar-refractivity contribution >= 4 is 22.5 Å². The number of ether oxygens (including phenoxy) is 2. The number of benzene rings is 2. The Hall–Kier alpha value is -3.28. The molecule has 0 radical (unpaired) electrons. The minimum absolute atomic E-state index is 0.313. The minimum atomic E-state index is -0.363. The van der Waals surface area contributed by atoms with Gasteiger partial charge >= 0.3 is 0 Å². The van der Waals surface area contributed by atoms with Crippen LogP contribution >= 0.6 is 0 Å². The van der Waals surface area contributed by atoms with Gasteiger partial charge in [-0.1, -0.05) is 18.2 Å². The number of H-pyrrole nitrogens is 1. The van der Waals surface area contributed by atoms with Gasteiger partial charge in [-0.25, -0.2) is 0 Å². The Morgan fingerprint density at radius 1 is 1.04 bits per heavy atom. The van der Waals surface area contributed by atoms with Gasteiger partial charge in [-0.3, -0.25) is 9.59 Å². The molecule has 1 amide bonds. The van der Waals surface area contributed by atoms with Crippen LogP contribution in [0.2, 0.25) is 0 Å². The van der Waals surface area contributed by atoms with Gasteiger partial charge in [-0.2, -0.15) is 0 Å². The first-order valence-corrected chi connectivity index (χ1v) is 7.69. The molecule has 0 spiro atoms. The van der Waals surface area contributed by atoms with E-state index in [1.54, 1.807) is 37.4 Å². The van der Waals surface area contributed by atoms with Crippen LogP contribution in [0.25, 0.3) is 10.9 Å². The highest BCUT2D eigenvalue weighted by Gasteiger charge is 2.15. The van der Waals surface area contributed by atoms with Crippen molar-refractivity contribution < 1.29 is 14.3 Å². The molecule has 1 aromatic heterocycles. The van der Waals surface area contributed by atoms with E-state index < -0.39 is 0 Å². The predicted octanol–water partition coefficient (Wildman–Crippen LogP) is 3.11. The number of carbonyl (C=O) groups excluding carboxylic acids is 1. The maximum atomic E-state index is 12.8. The maximum Gasteiger partial charge on any atom is 0.256 e. The molecule has 25 heavy (non-hydrogen) atoms. The van der Waals surface area contributed by atoms with Crippen LogP contribution in [0.3, 0.4) is 0 Å². The number of aryl methyl sites for hydroxylation is 1. The van der Waals surface area contributed by atoms with Gasteiger partial charge in [0.15, 0.2) is 11.5 Å². The molecule has 2 N–H and O–H groups in total. The Balaban J connectivity index is 2.03. The van der Waals surface area contributed by atoms with E-state index in [1.165, 1.54) is 13.2 Å². The number of carbonyl (C=O) groups is 1. The molecule has 2 aromatic carbocycles. The molecule has 128 valence electrons. The third-order valence-corrected chi connectivity index (χ3v) is 3.97. The Bertz CT molecular complexity index is 1010. The van der Waals surface area contributed by atoms with Gasteiger partial charge in [-0.15, -0.1) is 0 Å². The van der Waals surface area contributed by atoms with E-state index >= 15 is 0 Å². The molecule has 0 saturated heterocycles. The molecule has 0 saturated carbocycles. The lowest BCUT2D eigenvalue weighted by Crippen LogP contribution is -2.17. The molecule has 0 unspecified atom stereocenters. The molecule has 0 fully saturated rings. The standard InChI is InChI=1S/C19H18N2O4/c1-11-8-16(24-2)17(25-3)10-15(11)21-19(23)13-9-18(22)20-14-7-5-4-6-12(13)14/h4-10H,1-3H3,(H,20,22)(H,21,23). The monoisotopic (exact) mass is 338 g/mol. The highest BCUT2D eigenvalue weighted by atomic mass is 16.5. The van der Waals surface area contributed by atoms with Gasteiger partial charge in [-0.05, 0) is 24.6 Å². The number of rotatable bonds is 4. The molecule has 6 heteroatoms.